The van der Waals surface area contributed by atoms with Gasteiger partial charge in [0.05, 0.1) is 0 Å². The van der Waals surface area contributed by atoms with E-state index in [0.717, 1.165) is 32.1 Å². The number of hydrogen-bond donors (Lipinski definition) is 2. The maximum Gasteiger partial charge on any atom is 0.254 e. The SMILES string of the molecule is O=C1C=C(C23CC4CC(C2)CC(C2=CC(=O)NC2=O)(C4)C3)C(=O)N1. The molecule has 4 saturated carbocycles. The standard InChI is InChI=1S/C18H18N2O4/c21-13-2-11(15(23)19-13)17-4-9-1-10(5-17)7-18(6-9,8-17)12-3-14(22)20-16(12)24/h2-3,9-10H,1,4-8H2,(H,19,21,23)(H,20,22,24). The number of nitrogens with one attached hydrogen (secondary N) is 2. The Bertz CT molecular complexity index is 715. The summed E-state index contributed by atoms with van der Waals surface area (Å²) in [6.45, 7) is 0. The summed E-state index contributed by atoms with van der Waals surface area (Å²) in [7, 11) is 0. The Kier molecular flexibility index (Phi) is 2.49. The van der Waals surface area contributed by atoms with Crippen LogP contribution in [0.25, 0.3) is 0 Å². The second-order valence-corrected chi connectivity index (χ2v) is 8.27. The first kappa shape index (κ1) is 14.1. The molecule has 2 aliphatic heterocycles. The molecule has 4 bridgehead atoms. The lowest BCUT2D eigenvalue weighted by atomic mass is 9.41. The van der Waals surface area contributed by atoms with Crippen molar-refractivity contribution >= 4 is 23.6 Å². The Labute approximate surface area is 138 Å². The van der Waals surface area contributed by atoms with E-state index in [2.05, 4.69) is 10.6 Å². The fraction of sp³-hybridized carbons (Fsp3) is 0.556. The average Bonchev–Trinajstić information content (AvgIpc) is 2.99. The monoisotopic (exact) mass is 326 g/mol. The second kappa shape index (κ2) is 4.23. The molecule has 4 fully saturated rings. The van der Waals surface area contributed by atoms with E-state index in [-0.39, 0.29) is 34.5 Å². The molecule has 0 aromatic rings. The maximum absolute atomic E-state index is 12.3. The average molecular weight is 326 g/mol. The molecule has 6 aliphatic rings. The normalized spacial score (nSPS) is 43.0. The van der Waals surface area contributed by atoms with E-state index in [1.54, 1.807) is 0 Å². The van der Waals surface area contributed by atoms with Crippen LogP contribution in [0.15, 0.2) is 23.3 Å². The molecule has 6 nitrogen and oxygen atoms in total. The first-order valence-electron chi connectivity index (χ1n) is 8.54. The topological polar surface area (TPSA) is 92.3 Å². The number of carbonyl (C=O) groups excluding carboxylic acids is 4. The van der Waals surface area contributed by atoms with Gasteiger partial charge in [0, 0.05) is 34.1 Å². The van der Waals surface area contributed by atoms with Gasteiger partial charge in [0.15, 0.2) is 0 Å². The zero-order valence-electron chi connectivity index (χ0n) is 13.2. The quantitative estimate of drug-likeness (QED) is 0.732. The number of imide groups is 2. The first-order chi connectivity index (χ1) is 11.4. The lowest BCUT2D eigenvalue weighted by Gasteiger charge is -2.62. The molecule has 4 aliphatic carbocycles. The van der Waals surface area contributed by atoms with Crippen molar-refractivity contribution < 1.29 is 19.2 Å². The Balaban J connectivity index is 1.61. The van der Waals surface area contributed by atoms with Crippen molar-refractivity contribution in [3.05, 3.63) is 23.3 Å². The van der Waals surface area contributed by atoms with Crippen molar-refractivity contribution in [1.29, 1.82) is 0 Å². The number of carbonyl (C=O) groups is 4. The molecule has 0 atom stereocenters. The van der Waals surface area contributed by atoms with Crippen LogP contribution in [0.3, 0.4) is 0 Å². The Morgan fingerprint density at radius 2 is 1.17 bits per heavy atom. The third-order valence-corrected chi connectivity index (χ3v) is 6.72. The summed E-state index contributed by atoms with van der Waals surface area (Å²) in [5.74, 6) is -0.350. The van der Waals surface area contributed by atoms with E-state index in [1.165, 1.54) is 12.2 Å². The maximum atomic E-state index is 12.3. The zero-order chi connectivity index (χ0) is 16.7. The van der Waals surface area contributed by atoms with Crippen LogP contribution >= 0.6 is 0 Å². The fourth-order valence-corrected chi connectivity index (χ4v) is 6.50. The number of rotatable bonds is 2. The van der Waals surface area contributed by atoms with Crippen LogP contribution in [-0.2, 0) is 19.2 Å². The van der Waals surface area contributed by atoms with Gasteiger partial charge in [-0.3, -0.25) is 29.8 Å². The molecule has 2 N–H and O–H groups in total. The molecular weight excluding hydrogens is 308 g/mol. The van der Waals surface area contributed by atoms with Gasteiger partial charge < -0.3 is 0 Å². The highest BCUT2D eigenvalue weighted by atomic mass is 16.2. The lowest BCUT2D eigenvalue weighted by Crippen LogP contribution is -2.55. The van der Waals surface area contributed by atoms with Crippen molar-refractivity contribution in [2.24, 2.45) is 22.7 Å². The fourth-order valence-electron chi connectivity index (χ4n) is 6.50. The molecule has 0 aromatic heterocycles. The summed E-state index contributed by atoms with van der Waals surface area (Å²) in [5.41, 5.74) is 0.535. The molecule has 2 heterocycles. The van der Waals surface area contributed by atoms with Crippen molar-refractivity contribution in [1.82, 2.24) is 10.6 Å². The van der Waals surface area contributed by atoms with Gasteiger partial charge in [-0.1, -0.05) is 0 Å². The van der Waals surface area contributed by atoms with Gasteiger partial charge >= 0.3 is 0 Å². The van der Waals surface area contributed by atoms with Crippen molar-refractivity contribution in [2.75, 3.05) is 0 Å². The van der Waals surface area contributed by atoms with Gasteiger partial charge in [-0.2, -0.15) is 0 Å². The van der Waals surface area contributed by atoms with Crippen LogP contribution < -0.4 is 10.6 Å². The number of hydrogen-bond acceptors (Lipinski definition) is 4. The van der Waals surface area contributed by atoms with Crippen molar-refractivity contribution in [3.8, 4) is 0 Å². The predicted octanol–water partition coefficient (Wildman–Crippen LogP) is 0.739. The highest BCUT2D eigenvalue weighted by Crippen LogP contribution is 2.69. The van der Waals surface area contributed by atoms with E-state index in [1.807, 2.05) is 0 Å². The van der Waals surface area contributed by atoms with Crippen molar-refractivity contribution in [2.45, 2.75) is 38.5 Å². The molecule has 124 valence electrons. The van der Waals surface area contributed by atoms with Gasteiger partial charge in [0.2, 0.25) is 0 Å². The van der Waals surface area contributed by atoms with E-state index < -0.39 is 0 Å². The minimum absolute atomic E-state index is 0.280. The van der Waals surface area contributed by atoms with Gasteiger partial charge in [-0.15, -0.1) is 0 Å². The van der Waals surface area contributed by atoms with Crippen LogP contribution in [0.5, 0.6) is 0 Å². The van der Waals surface area contributed by atoms with Crippen molar-refractivity contribution in [3.63, 3.8) is 0 Å². The van der Waals surface area contributed by atoms with Gasteiger partial charge in [-0.05, 0) is 50.4 Å². The third-order valence-electron chi connectivity index (χ3n) is 6.72. The van der Waals surface area contributed by atoms with E-state index in [0.29, 0.717) is 29.4 Å². The predicted molar refractivity (Wildman–Crippen MR) is 82.0 cm³/mol. The highest BCUT2D eigenvalue weighted by Gasteiger charge is 2.62. The molecule has 0 spiro atoms. The Hall–Kier alpha value is -2.24. The van der Waals surface area contributed by atoms with Gasteiger partial charge in [0.1, 0.15) is 0 Å². The summed E-state index contributed by atoms with van der Waals surface area (Å²) in [6, 6.07) is 0. The van der Waals surface area contributed by atoms with Crippen LogP contribution in [0.2, 0.25) is 0 Å². The van der Waals surface area contributed by atoms with Crippen LogP contribution in [-0.4, -0.2) is 23.6 Å². The molecule has 0 aromatic carbocycles. The second-order valence-electron chi connectivity index (χ2n) is 8.27. The molecular formula is C18H18N2O4. The first-order valence-corrected chi connectivity index (χ1v) is 8.54. The minimum atomic E-state index is -0.340. The number of amides is 4. The Morgan fingerprint density at radius 3 is 1.50 bits per heavy atom. The molecule has 4 amide bonds. The van der Waals surface area contributed by atoms with Crippen LogP contribution in [0, 0.1) is 22.7 Å². The molecule has 0 saturated heterocycles. The smallest absolute Gasteiger partial charge is 0.254 e. The molecule has 24 heavy (non-hydrogen) atoms. The zero-order valence-corrected chi connectivity index (χ0v) is 13.2. The van der Waals surface area contributed by atoms with E-state index in [9.17, 15) is 19.2 Å². The summed E-state index contributed by atoms with van der Waals surface area (Å²) >= 11 is 0. The Morgan fingerprint density at radius 1 is 0.750 bits per heavy atom. The molecule has 0 unspecified atom stereocenters. The van der Waals surface area contributed by atoms with Crippen LogP contribution in [0.1, 0.15) is 38.5 Å². The molecule has 6 rings (SSSR count). The third kappa shape index (κ3) is 1.71. The molecule has 6 heteroatoms. The van der Waals surface area contributed by atoms with Crippen LogP contribution in [0.4, 0.5) is 0 Å². The summed E-state index contributed by atoms with van der Waals surface area (Å²) in [6.07, 6.45) is 8.33. The van der Waals surface area contributed by atoms with Gasteiger partial charge in [-0.25, -0.2) is 0 Å². The summed E-state index contributed by atoms with van der Waals surface area (Å²) in [5, 5.41) is 4.74. The minimum Gasteiger partial charge on any atom is -0.289 e. The summed E-state index contributed by atoms with van der Waals surface area (Å²) < 4.78 is 0. The lowest BCUT2D eigenvalue weighted by molar-refractivity contribution is -0.127. The van der Waals surface area contributed by atoms with E-state index in [4.69, 9.17) is 0 Å². The highest BCUT2D eigenvalue weighted by molar-refractivity contribution is 6.18. The molecule has 0 radical (unpaired) electrons. The van der Waals surface area contributed by atoms with E-state index >= 15 is 0 Å². The summed E-state index contributed by atoms with van der Waals surface area (Å²) in [4.78, 5) is 47.9. The van der Waals surface area contributed by atoms with Gasteiger partial charge in [0.25, 0.3) is 23.6 Å². The largest absolute Gasteiger partial charge is 0.289 e.